The Morgan fingerprint density at radius 3 is 2.28 bits per heavy atom. The lowest BCUT2D eigenvalue weighted by molar-refractivity contribution is -0.136. The van der Waals surface area contributed by atoms with Gasteiger partial charge >= 0.3 is 0 Å². The van der Waals surface area contributed by atoms with Crippen LogP contribution in [0.5, 0.6) is 0 Å². The summed E-state index contributed by atoms with van der Waals surface area (Å²) in [4.78, 5) is 31.5. The molecule has 0 unspecified atom stereocenters. The second kappa shape index (κ2) is 8.52. The Morgan fingerprint density at radius 2 is 1.60 bits per heavy atom. The molecule has 0 aromatic heterocycles. The normalized spacial score (nSPS) is 28.5. The van der Waals surface area contributed by atoms with Gasteiger partial charge in [0.25, 0.3) is 0 Å². The Morgan fingerprint density at radius 1 is 0.920 bits per heavy atom. The van der Waals surface area contributed by atoms with Crippen LogP contribution in [0.3, 0.4) is 0 Å². The number of carbonyl (C=O) groups excluding carboxylic acids is 2. The van der Waals surface area contributed by atoms with Gasteiger partial charge in [-0.05, 0) is 52.0 Å². The lowest BCUT2D eigenvalue weighted by Crippen LogP contribution is -2.52. The predicted molar refractivity (Wildman–Crippen MR) is 99.3 cm³/mol. The number of rotatable bonds is 5. The monoisotopic (exact) mass is 349 g/mol. The molecule has 5 nitrogen and oxygen atoms in total. The van der Waals surface area contributed by atoms with Crippen LogP contribution in [0.2, 0.25) is 0 Å². The van der Waals surface area contributed by atoms with Gasteiger partial charge in [0.1, 0.15) is 0 Å². The molecular weight excluding hydrogens is 314 g/mol. The first-order chi connectivity index (χ1) is 12.1. The summed E-state index contributed by atoms with van der Waals surface area (Å²) in [7, 11) is 0. The van der Waals surface area contributed by atoms with E-state index in [0.29, 0.717) is 30.6 Å². The van der Waals surface area contributed by atoms with Crippen molar-refractivity contribution < 1.29 is 9.59 Å². The molecule has 5 heteroatoms. The molecule has 2 heterocycles. The van der Waals surface area contributed by atoms with Gasteiger partial charge in [0, 0.05) is 38.1 Å². The molecule has 0 radical (unpaired) electrons. The van der Waals surface area contributed by atoms with E-state index in [9.17, 15) is 9.59 Å². The first kappa shape index (κ1) is 18.7. The third-order valence-electron chi connectivity index (χ3n) is 6.58. The van der Waals surface area contributed by atoms with Gasteiger partial charge in [0.15, 0.2) is 0 Å². The van der Waals surface area contributed by atoms with Gasteiger partial charge in [0.05, 0.1) is 6.54 Å². The minimum absolute atomic E-state index is 0.193. The molecule has 2 amide bonds. The fourth-order valence-electron chi connectivity index (χ4n) is 5.36. The third kappa shape index (κ3) is 4.18. The van der Waals surface area contributed by atoms with Crippen LogP contribution in [-0.2, 0) is 9.59 Å². The summed E-state index contributed by atoms with van der Waals surface area (Å²) in [6, 6.07) is 1.14. The zero-order chi connectivity index (χ0) is 17.8. The maximum atomic E-state index is 13.0. The van der Waals surface area contributed by atoms with Gasteiger partial charge in [-0.3, -0.25) is 14.5 Å². The summed E-state index contributed by atoms with van der Waals surface area (Å²) in [5.41, 5.74) is 0. The Hall–Kier alpha value is -1.10. The standard InChI is InChI=1S/C20H35N3O2/c1-3-22(17-9-5-4-6-10-17)20(25)15-21-13-7-11-18(21)19-12-8-14-23(19)16(2)24/h17-19H,3-15H2,1-2H3/t18-,19-/m1/s1. The molecule has 3 fully saturated rings. The van der Waals surface area contributed by atoms with E-state index in [1.165, 1.54) is 32.1 Å². The van der Waals surface area contributed by atoms with Crippen molar-refractivity contribution in [1.29, 1.82) is 0 Å². The Kier molecular flexibility index (Phi) is 6.37. The second-order valence-electron chi connectivity index (χ2n) is 8.07. The van der Waals surface area contributed by atoms with Gasteiger partial charge in [0.2, 0.25) is 11.8 Å². The number of hydrogen-bond donors (Lipinski definition) is 0. The van der Waals surface area contributed by atoms with E-state index in [0.717, 1.165) is 45.3 Å². The van der Waals surface area contributed by atoms with Crippen LogP contribution in [0.1, 0.15) is 71.6 Å². The molecule has 3 aliphatic rings. The topological polar surface area (TPSA) is 43.9 Å². The number of likely N-dealkylation sites (tertiary alicyclic amines) is 2. The molecule has 0 N–H and O–H groups in total. The van der Waals surface area contributed by atoms with E-state index < -0.39 is 0 Å². The van der Waals surface area contributed by atoms with Crippen molar-refractivity contribution in [1.82, 2.24) is 14.7 Å². The summed E-state index contributed by atoms with van der Waals surface area (Å²) in [6.45, 7) is 7.05. The van der Waals surface area contributed by atoms with Crippen LogP contribution in [0.15, 0.2) is 0 Å². The SMILES string of the molecule is CCN(C(=O)CN1CCC[C@@H]1[C@H]1CCCN1C(C)=O)C1CCCCC1. The van der Waals surface area contributed by atoms with E-state index in [1.54, 1.807) is 6.92 Å². The summed E-state index contributed by atoms with van der Waals surface area (Å²) >= 11 is 0. The Bertz CT molecular complexity index is 476. The summed E-state index contributed by atoms with van der Waals surface area (Å²) < 4.78 is 0. The highest BCUT2D eigenvalue weighted by atomic mass is 16.2. The van der Waals surface area contributed by atoms with Crippen molar-refractivity contribution in [3.8, 4) is 0 Å². The number of carbonyl (C=O) groups is 2. The van der Waals surface area contributed by atoms with Crippen molar-refractivity contribution in [2.45, 2.75) is 89.8 Å². The van der Waals surface area contributed by atoms with E-state index in [4.69, 9.17) is 0 Å². The van der Waals surface area contributed by atoms with Crippen molar-refractivity contribution in [2.24, 2.45) is 0 Å². The maximum absolute atomic E-state index is 13.0. The highest BCUT2D eigenvalue weighted by Crippen LogP contribution is 2.30. The smallest absolute Gasteiger partial charge is 0.236 e. The van der Waals surface area contributed by atoms with E-state index in [2.05, 4.69) is 16.7 Å². The van der Waals surface area contributed by atoms with E-state index >= 15 is 0 Å². The third-order valence-corrected chi connectivity index (χ3v) is 6.58. The molecule has 1 saturated carbocycles. The quantitative estimate of drug-likeness (QED) is 0.766. The summed E-state index contributed by atoms with van der Waals surface area (Å²) in [6.07, 6.45) is 10.6. The average Bonchev–Trinajstić information content (AvgIpc) is 3.25. The van der Waals surface area contributed by atoms with Crippen molar-refractivity contribution in [3.05, 3.63) is 0 Å². The molecule has 3 rings (SSSR count). The molecule has 2 atom stereocenters. The molecule has 0 bridgehead atoms. The van der Waals surface area contributed by atoms with Crippen LogP contribution in [0.25, 0.3) is 0 Å². The number of likely N-dealkylation sites (N-methyl/N-ethyl adjacent to an activating group) is 1. The van der Waals surface area contributed by atoms with Crippen molar-refractivity contribution in [2.75, 3.05) is 26.2 Å². The second-order valence-corrected chi connectivity index (χ2v) is 8.07. The van der Waals surface area contributed by atoms with Crippen LogP contribution >= 0.6 is 0 Å². The van der Waals surface area contributed by atoms with Crippen molar-refractivity contribution >= 4 is 11.8 Å². The average molecular weight is 350 g/mol. The summed E-state index contributed by atoms with van der Waals surface area (Å²) in [5, 5.41) is 0. The highest BCUT2D eigenvalue weighted by molar-refractivity contribution is 5.78. The molecule has 1 aliphatic carbocycles. The molecule has 0 aromatic rings. The molecule has 2 saturated heterocycles. The van der Waals surface area contributed by atoms with Crippen LogP contribution in [0, 0.1) is 0 Å². The Balaban J connectivity index is 1.62. The number of amides is 2. The van der Waals surface area contributed by atoms with Crippen LogP contribution in [-0.4, -0.2) is 70.8 Å². The zero-order valence-corrected chi connectivity index (χ0v) is 16.1. The minimum atomic E-state index is 0.193. The first-order valence-corrected chi connectivity index (χ1v) is 10.4. The van der Waals surface area contributed by atoms with Gasteiger partial charge in [-0.25, -0.2) is 0 Å². The van der Waals surface area contributed by atoms with Crippen LogP contribution < -0.4 is 0 Å². The lowest BCUT2D eigenvalue weighted by Gasteiger charge is -2.37. The molecule has 0 aromatic carbocycles. The minimum Gasteiger partial charge on any atom is -0.339 e. The van der Waals surface area contributed by atoms with E-state index in [1.807, 2.05) is 4.90 Å². The molecule has 0 spiro atoms. The number of nitrogens with zero attached hydrogens (tertiary/aromatic N) is 3. The maximum Gasteiger partial charge on any atom is 0.236 e. The molecule has 2 aliphatic heterocycles. The first-order valence-electron chi connectivity index (χ1n) is 10.4. The molecule has 25 heavy (non-hydrogen) atoms. The lowest BCUT2D eigenvalue weighted by atomic mass is 9.94. The predicted octanol–water partition coefficient (Wildman–Crippen LogP) is 2.64. The number of hydrogen-bond acceptors (Lipinski definition) is 3. The van der Waals surface area contributed by atoms with Crippen molar-refractivity contribution in [3.63, 3.8) is 0 Å². The highest BCUT2D eigenvalue weighted by Gasteiger charge is 2.39. The van der Waals surface area contributed by atoms with Gasteiger partial charge in [-0.2, -0.15) is 0 Å². The summed E-state index contributed by atoms with van der Waals surface area (Å²) in [5.74, 6) is 0.492. The van der Waals surface area contributed by atoms with Gasteiger partial charge < -0.3 is 9.80 Å². The zero-order valence-electron chi connectivity index (χ0n) is 16.1. The fourth-order valence-corrected chi connectivity index (χ4v) is 5.36. The molecule has 142 valence electrons. The van der Waals surface area contributed by atoms with Gasteiger partial charge in [-0.15, -0.1) is 0 Å². The van der Waals surface area contributed by atoms with Gasteiger partial charge in [-0.1, -0.05) is 19.3 Å². The van der Waals surface area contributed by atoms with Crippen LogP contribution in [0.4, 0.5) is 0 Å². The Labute approximate surface area is 152 Å². The van der Waals surface area contributed by atoms with E-state index in [-0.39, 0.29) is 5.91 Å². The largest absolute Gasteiger partial charge is 0.339 e. The fraction of sp³-hybridized carbons (Fsp3) is 0.900. The molecular formula is C20H35N3O2.